The van der Waals surface area contributed by atoms with Crippen molar-refractivity contribution in [3.63, 3.8) is 0 Å². The highest BCUT2D eigenvalue weighted by Gasteiger charge is 2.25. The molecule has 0 unspecified atom stereocenters. The fraction of sp³-hybridized carbons (Fsp3) is 0.393. The van der Waals surface area contributed by atoms with Gasteiger partial charge in [-0.3, -0.25) is 14.4 Å². The van der Waals surface area contributed by atoms with Crippen LogP contribution in [-0.2, 0) is 9.59 Å². The highest BCUT2D eigenvalue weighted by atomic mass is 16.3. The average molecular weight is 492 g/mol. The molecular formula is C28H33N3O5. The molecule has 5 N–H and O–H groups in total. The monoisotopic (exact) mass is 491 g/mol. The molecule has 3 rings (SSSR count). The van der Waals surface area contributed by atoms with Crippen molar-refractivity contribution in [1.29, 1.82) is 0 Å². The molecule has 1 saturated heterocycles. The summed E-state index contributed by atoms with van der Waals surface area (Å²) in [6, 6.07) is 12.7. The van der Waals surface area contributed by atoms with Crippen molar-refractivity contribution in [2.24, 2.45) is 5.92 Å². The number of ketones is 1. The third-order valence-corrected chi connectivity index (χ3v) is 6.18. The van der Waals surface area contributed by atoms with Crippen molar-refractivity contribution in [3.8, 4) is 11.8 Å². The van der Waals surface area contributed by atoms with Gasteiger partial charge in [0.15, 0.2) is 5.78 Å². The maximum Gasteiger partial charge on any atom is 0.251 e. The summed E-state index contributed by atoms with van der Waals surface area (Å²) >= 11 is 0. The zero-order valence-electron chi connectivity index (χ0n) is 20.4. The van der Waals surface area contributed by atoms with Gasteiger partial charge in [-0.25, -0.2) is 0 Å². The molecule has 1 heterocycles. The first-order valence-electron chi connectivity index (χ1n) is 12.2. The van der Waals surface area contributed by atoms with Crippen LogP contribution in [0, 0.1) is 17.8 Å². The normalized spacial score (nSPS) is 15.2. The van der Waals surface area contributed by atoms with Crippen molar-refractivity contribution in [2.75, 3.05) is 25.0 Å². The van der Waals surface area contributed by atoms with Gasteiger partial charge in [-0.15, -0.1) is 0 Å². The lowest BCUT2D eigenvalue weighted by Gasteiger charge is -2.22. The van der Waals surface area contributed by atoms with E-state index in [2.05, 4.69) is 27.8 Å². The van der Waals surface area contributed by atoms with Crippen molar-refractivity contribution in [1.82, 2.24) is 10.6 Å². The number of hydrogen-bond donors (Lipinski definition) is 5. The fourth-order valence-corrected chi connectivity index (χ4v) is 4.01. The van der Waals surface area contributed by atoms with Gasteiger partial charge < -0.3 is 26.2 Å². The molecular weight excluding hydrogens is 458 g/mol. The topological polar surface area (TPSA) is 128 Å². The zero-order valence-corrected chi connectivity index (χ0v) is 20.4. The Morgan fingerprint density at radius 3 is 2.14 bits per heavy atom. The number of amides is 2. The van der Waals surface area contributed by atoms with Gasteiger partial charge in [-0.05, 0) is 93.7 Å². The van der Waals surface area contributed by atoms with E-state index < -0.39 is 30.4 Å². The van der Waals surface area contributed by atoms with Gasteiger partial charge in [0.2, 0.25) is 5.91 Å². The summed E-state index contributed by atoms with van der Waals surface area (Å²) in [6.07, 6.45) is 2.58. The number of benzene rings is 2. The SMILES string of the molecule is C[C@@H](O)[C@H](NC(=O)c1ccc(C#Cc2ccc(NC(=O)CCC3CCNCC3)cc2)cc1)C(=O)CO. The summed E-state index contributed by atoms with van der Waals surface area (Å²) in [4.78, 5) is 36.3. The molecule has 0 bridgehead atoms. The number of aliphatic hydroxyl groups excluding tert-OH is 2. The Balaban J connectivity index is 1.51. The van der Waals surface area contributed by atoms with Crippen LogP contribution in [0.2, 0.25) is 0 Å². The standard InChI is InChI=1S/C28H33N3O5/c1-19(33)27(25(34)18-32)31-28(36)23-9-4-20(5-10-23)2-3-21-6-11-24(12-7-21)30-26(35)13-8-22-14-16-29-17-15-22/h4-7,9-12,19,22,27,29,32-33H,8,13-18H2,1H3,(H,30,35)(H,31,36)/t19-,27+/m1/s1. The van der Waals surface area contributed by atoms with Crippen LogP contribution >= 0.6 is 0 Å². The summed E-state index contributed by atoms with van der Waals surface area (Å²) < 4.78 is 0. The van der Waals surface area contributed by atoms with Gasteiger partial charge in [0.25, 0.3) is 5.91 Å². The molecule has 2 aromatic rings. The van der Waals surface area contributed by atoms with E-state index in [1.807, 2.05) is 24.3 Å². The van der Waals surface area contributed by atoms with Crippen molar-refractivity contribution in [2.45, 2.75) is 44.8 Å². The van der Waals surface area contributed by atoms with Gasteiger partial charge in [-0.2, -0.15) is 0 Å². The minimum absolute atomic E-state index is 0.0250. The number of anilines is 1. The number of carbonyl (C=O) groups is 3. The lowest BCUT2D eigenvalue weighted by Crippen LogP contribution is -2.48. The molecule has 2 amide bonds. The van der Waals surface area contributed by atoms with Crippen LogP contribution < -0.4 is 16.0 Å². The quantitative estimate of drug-likeness (QED) is 0.341. The number of nitrogens with one attached hydrogen (secondary N) is 3. The molecule has 190 valence electrons. The van der Waals surface area contributed by atoms with Crippen molar-refractivity contribution >= 4 is 23.3 Å². The number of aliphatic hydroxyl groups is 2. The number of rotatable bonds is 9. The first kappa shape index (κ1) is 27.1. The number of carbonyl (C=O) groups excluding carboxylic acids is 3. The predicted octanol–water partition coefficient (Wildman–Crippen LogP) is 1.85. The molecule has 2 atom stereocenters. The number of hydrogen-bond acceptors (Lipinski definition) is 6. The summed E-state index contributed by atoms with van der Waals surface area (Å²) in [5.74, 6) is 5.53. The van der Waals surface area contributed by atoms with Gasteiger partial charge in [0.05, 0.1) is 6.10 Å². The van der Waals surface area contributed by atoms with Crippen LogP contribution in [0.15, 0.2) is 48.5 Å². The molecule has 1 aliphatic heterocycles. The van der Waals surface area contributed by atoms with Crippen LogP contribution in [0.4, 0.5) is 5.69 Å². The Kier molecular flexibility index (Phi) is 10.2. The van der Waals surface area contributed by atoms with Gasteiger partial charge in [0, 0.05) is 28.8 Å². The third kappa shape index (κ3) is 8.31. The Bertz CT molecular complexity index is 1090. The van der Waals surface area contributed by atoms with Crippen LogP contribution in [-0.4, -0.2) is 59.7 Å². The molecule has 0 aliphatic carbocycles. The average Bonchev–Trinajstić information content (AvgIpc) is 2.90. The number of piperidine rings is 1. The lowest BCUT2D eigenvalue weighted by atomic mass is 9.93. The summed E-state index contributed by atoms with van der Waals surface area (Å²) in [7, 11) is 0. The van der Waals surface area contributed by atoms with Gasteiger partial charge >= 0.3 is 0 Å². The molecule has 0 radical (unpaired) electrons. The minimum Gasteiger partial charge on any atom is -0.391 e. The lowest BCUT2D eigenvalue weighted by molar-refractivity contribution is -0.126. The second-order valence-electron chi connectivity index (χ2n) is 9.00. The highest BCUT2D eigenvalue weighted by Crippen LogP contribution is 2.18. The van der Waals surface area contributed by atoms with E-state index in [0.717, 1.165) is 43.6 Å². The third-order valence-electron chi connectivity index (χ3n) is 6.18. The molecule has 0 aromatic heterocycles. The summed E-state index contributed by atoms with van der Waals surface area (Å²) in [5, 5.41) is 27.4. The Morgan fingerprint density at radius 2 is 1.58 bits per heavy atom. The predicted molar refractivity (Wildman–Crippen MR) is 137 cm³/mol. The van der Waals surface area contributed by atoms with E-state index in [1.165, 1.54) is 6.92 Å². The summed E-state index contributed by atoms with van der Waals surface area (Å²) in [6.45, 7) is 2.67. The molecule has 0 saturated carbocycles. The van der Waals surface area contributed by atoms with Crippen molar-refractivity contribution < 1.29 is 24.6 Å². The Hall–Kier alpha value is -3.51. The molecule has 0 spiro atoms. The second kappa shape index (κ2) is 13.5. The molecule has 8 heteroatoms. The van der Waals surface area contributed by atoms with Crippen LogP contribution in [0.1, 0.15) is 54.1 Å². The molecule has 36 heavy (non-hydrogen) atoms. The van der Waals surface area contributed by atoms with E-state index in [9.17, 15) is 19.5 Å². The molecule has 1 fully saturated rings. The molecule has 1 aliphatic rings. The van der Waals surface area contributed by atoms with E-state index >= 15 is 0 Å². The van der Waals surface area contributed by atoms with E-state index in [-0.39, 0.29) is 5.91 Å². The Labute approximate surface area is 211 Å². The maximum atomic E-state index is 12.4. The van der Waals surface area contributed by atoms with E-state index in [4.69, 9.17) is 5.11 Å². The largest absolute Gasteiger partial charge is 0.391 e. The smallest absolute Gasteiger partial charge is 0.251 e. The van der Waals surface area contributed by atoms with E-state index in [0.29, 0.717) is 23.5 Å². The highest BCUT2D eigenvalue weighted by molar-refractivity contribution is 5.98. The first-order chi connectivity index (χ1) is 17.4. The Morgan fingerprint density at radius 1 is 1.00 bits per heavy atom. The van der Waals surface area contributed by atoms with Crippen LogP contribution in [0.3, 0.4) is 0 Å². The number of Topliss-reactive ketones (excluding diaryl/α,β-unsaturated/α-hetero) is 1. The van der Waals surface area contributed by atoms with Crippen LogP contribution in [0.5, 0.6) is 0 Å². The van der Waals surface area contributed by atoms with Gasteiger partial charge in [-0.1, -0.05) is 11.8 Å². The van der Waals surface area contributed by atoms with Crippen molar-refractivity contribution in [3.05, 3.63) is 65.2 Å². The molecule has 8 nitrogen and oxygen atoms in total. The van der Waals surface area contributed by atoms with E-state index in [1.54, 1.807) is 24.3 Å². The maximum absolute atomic E-state index is 12.4. The zero-order chi connectivity index (χ0) is 25.9. The first-order valence-corrected chi connectivity index (χ1v) is 12.2. The molecule has 2 aromatic carbocycles. The second-order valence-corrected chi connectivity index (χ2v) is 9.00. The fourth-order valence-electron chi connectivity index (χ4n) is 4.01. The van der Waals surface area contributed by atoms with Gasteiger partial charge in [0.1, 0.15) is 12.6 Å². The summed E-state index contributed by atoms with van der Waals surface area (Å²) in [5.41, 5.74) is 2.52. The van der Waals surface area contributed by atoms with Crippen LogP contribution in [0.25, 0.3) is 0 Å². The minimum atomic E-state index is -1.18.